The molecule has 2 unspecified atom stereocenters. The zero-order chi connectivity index (χ0) is 18.9. The molecule has 1 saturated heterocycles. The van der Waals surface area contributed by atoms with Gasteiger partial charge in [-0.2, -0.15) is 0 Å². The second-order valence-corrected chi connectivity index (χ2v) is 7.51. The first-order valence-corrected chi connectivity index (χ1v) is 9.92. The van der Waals surface area contributed by atoms with Crippen LogP contribution in [0.4, 0.5) is 5.69 Å². The Morgan fingerprint density at radius 3 is 2.43 bits per heavy atom. The summed E-state index contributed by atoms with van der Waals surface area (Å²) in [4.78, 5) is 12.3. The molecule has 1 heterocycles. The van der Waals surface area contributed by atoms with Crippen LogP contribution in [0, 0.1) is 11.8 Å². The van der Waals surface area contributed by atoms with E-state index in [1.807, 2.05) is 42.5 Å². The molecule has 1 amide bonds. The third kappa shape index (κ3) is 7.27. The number of rotatable bonds is 8. The molecule has 2 atom stereocenters. The quantitative estimate of drug-likeness (QED) is 0.667. The number of hydrogen-bond acceptors (Lipinski definition) is 3. The molecule has 0 radical (unpaired) electrons. The number of ether oxygens (including phenoxy) is 1. The van der Waals surface area contributed by atoms with E-state index in [0.29, 0.717) is 31.5 Å². The van der Waals surface area contributed by atoms with E-state index in [1.165, 1.54) is 18.4 Å². The van der Waals surface area contributed by atoms with Crippen LogP contribution in [0.1, 0.15) is 37.3 Å². The van der Waals surface area contributed by atoms with Gasteiger partial charge in [-0.05, 0) is 61.0 Å². The van der Waals surface area contributed by atoms with E-state index >= 15 is 0 Å². The number of carbonyl (C=O) groups excluding carboxylic acids is 1. The maximum absolute atomic E-state index is 12.3. The number of piperidine rings is 1. The van der Waals surface area contributed by atoms with Crippen molar-refractivity contribution < 1.29 is 9.53 Å². The van der Waals surface area contributed by atoms with Crippen molar-refractivity contribution in [1.29, 1.82) is 0 Å². The Morgan fingerprint density at radius 1 is 1.11 bits per heavy atom. The van der Waals surface area contributed by atoms with Gasteiger partial charge in [-0.25, -0.2) is 0 Å². The highest BCUT2D eigenvalue weighted by molar-refractivity contribution is 5.90. The zero-order valence-electron chi connectivity index (χ0n) is 16.5. The summed E-state index contributed by atoms with van der Waals surface area (Å²) in [6.07, 6.45) is 3.01. The highest BCUT2D eigenvalue weighted by atomic mass is 35.5. The van der Waals surface area contributed by atoms with Crippen LogP contribution in [-0.4, -0.2) is 19.0 Å². The van der Waals surface area contributed by atoms with E-state index in [4.69, 9.17) is 4.74 Å². The minimum absolute atomic E-state index is 0. The van der Waals surface area contributed by atoms with Gasteiger partial charge in [-0.1, -0.05) is 49.4 Å². The first-order chi connectivity index (χ1) is 13.2. The summed E-state index contributed by atoms with van der Waals surface area (Å²) in [5.74, 6) is 1.11. The van der Waals surface area contributed by atoms with Crippen molar-refractivity contribution in [2.45, 2.75) is 39.4 Å². The van der Waals surface area contributed by atoms with Crippen molar-refractivity contribution in [1.82, 2.24) is 5.32 Å². The molecule has 1 fully saturated rings. The highest BCUT2D eigenvalue weighted by Crippen LogP contribution is 2.23. The number of anilines is 1. The Balaban J connectivity index is 0.00000280. The monoisotopic (exact) mass is 402 g/mol. The second-order valence-electron chi connectivity index (χ2n) is 7.51. The Morgan fingerprint density at radius 2 is 1.79 bits per heavy atom. The van der Waals surface area contributed by atoms with Gasteiger partial charge in [0.15, 0.2) is 0 Å². The van der Waals surface area contributed by atoms with Crippen molar-refractivity contribution in [3.05, 3.63) is 65.7 Å². The predicted molar refractivity (Wildman–Crippen MR) is 117 cm³/mol. The van der Waals surface area contributed by atoms with Crippen LogP contribution in [0.3, 0.4) is 0 Å². The topological polar surface area (TPSA) is 50.4 Å². The number of halogens is 1. The molecular formula is C23H31ClN2O2. The lowest BCUT2D eigenvalue weighted by Gasteiger charge is -2.28. The molecule has 2 aromatic carbocycles. The number of carbonyl (C=O) groups is 1. The normalized spacial score (nSPS) is 17.4. The average Bonchev–Trinajstić information content (AvgIpc) is 2.71. The van der Waals surface area contributed by atoms with Crippen molar-refractivity contribution in [2.24, 2.45) is 11.8 Å². The summed E-state index contributed by atoms with van der Waals surface area (Å²) in [6, 6.07) is 18.1. The van der Waals surface area contributed by atoms with E-state index in [9.17, 15) is 4.79 Å². The molecule has 152 valence electrons. The fourth-order valence-corrected chi connectivity index (χ4v) is 3.58. The Bertz CT molecular complexity index is 700. The Labute approximate surface area is 174 Å². The Kier molecular flexibility index (Phi) is 9.48. The van der Waals surface area contributed by atoms with Gasteiger partial charge in [0.1, 0.15) is 0 Å². The van der Waals surface area contributed by atoms with Crippen LogP contribution in [-0.2, 0) is 22.7 Å². The molecule has 0 bridgehead atoms. The van der Waals surface area contributed by atoms with Crippen molar-refractivity contribution in [3.8, 4) is 0 Å². The van der Waals surface area contributed by atoms with Gasteiger partial charge in [0, 0.05) is 12.1 Å². The van der Waals surface area contributed by atoms with E-state index < -0.39 is 0 Å². The van der Waals surface area contributed by atoms with Crippen molar-refractivity contribution in [2.75, 3.05) is 18.4 Å². The maximum atomic E-state index is 12.3. The van der Waals surface area contributed by atoms with E-state index in [1.54, 1.807) is 0 Å². The molecule has 1 aliphatic rings. The van der Waals surface area contributed by atoms with Gasteiger partial charge in [-0.3, -0.25) is 4.79 Å². The number of benzene rings is 2. The van der Waals surface area contributed by atoms with Crippen LogP contribution in [0.2, 0.25) is 0 Å². The standard InChI is InChI=1S/C23H30N2O2.ClH/c1-18(21-8-5-13-24-15-21)14-23(26)25-22-11-9-20(10-12-22)17-27-16-19-6-3-2-4-7-19;/h2-4,6-7,9-12,18,21,24H,5,8,13-17H2,1H3,(H,25,26);1H. The van der Waals surface area contributed by atoms with Crippen LogP contribution < -0.4 is 10.6 Å². The molecule has 4 nitrogen and oxygen atoms in total. The lowest BCUT2D eigenvalue weighted by atomic mass is 9.85. The van der Waals surface area contributed by atoms with Crippen LogP contribution in [0.5, 0.6) is 0 Å². The molecule has 5 heteroatoms. The third-order valence-corrected chi connectivity index (χ3v) is 5.27. The van der Waals surface area contributed by atoms with E-state index in [0.717, 1.165) is 24.3 Å². The molecule has 0 aromatic heterocycles. The van der Waals surface area contributed by atoms with E-state index in [-0.39, 0.29) is 18.3 Å². The lowest BCUT2D eigenvalue weighted by molar-refractivity contribution is -0.117. The summed E-state index contributed by atoms with van der Waals surface area (Å²) < 4.78 is 5.75. The van der Waals surface area contributed by atoms with Gasteiger partial charge < -0.3 is 15.4 Å². The highest BCUT2D eigenvalue weighted by Gasteiger charge is 2.21. The van der Waals surface area contributed by atoms with Gasteiger partial charge in [0.25, 0.3) is 0 Å². The minimum Gasteiger partial charge on any atom is -0.372 e. The zero-order valence-corrected chi connectivity index (χ0v) is 17.3. The number of hydrogen-bond donors (Lipinski definition) is 2. The smallest absolute Gasteiger partial charge is 0.224 e. The molecule has 3 rings (SSSR count). The largest absolute Gasteiger partial charge is 0.372 e. The van der Waals surface area contributed by atoms with Gasteiger partial charge in [0.05, 0.1) is 13.2 Å². The number of amides is 1. The molecular weight excluding hydrogens is 372 g/mol. The molecule has 0 spiro atoms. The molecule has 28 heavy (non-hydrogen) atoms. The Hall–Kier alpha value is -1.88. The van der Waals surface area contributed by atoms with Gasteiger partial charge in [-0.15, -0.1) is 12.4 Å². The molecule has 0 saturated carbocycles. The van der Waals surface area contributed by atoms with Crippen LogP contribution >= 0.6 is 12.4 Å². The minimum atomic E-state index is 0. The lowest BCUT2D eigenvalue weighted by Crippen LogP contribution is -2.34. The maximum Gasteiger partial charge on any atom is 0.224 e. The van der Waals surface area contributed by atoms with Gasteiger partial charge in [0.2, 0.25) is 5.91 Å². The average molecular weight is 403 g/mol. The SMILES string of the molecule is CC(CC(=O)Nc1ccc(COCc2ccccc2)cc1)C1CCCNC1.Cl. The summed E-state index contributed by atoms with van der Waals surface area (Å²) in [6.45, 7) is 5.50. The summed E-state index contributed by atoms with van der Waals surface area (Å²) in [5.41, 5.74) is 3.12. The van der Waals surface area contributed by atoms with Crippen LogP contribution in [0.15, 0.2) is 54.6 Å². The molecule has 1 aliphatic heterocycles. The summed E-state index contributed by atoms with van der Waals surface area (Å²) in [7, 11) is 0. The fourth-order valence-electron chi connectivity index (χ4n) is 3.58. The van der Waals surface area contributed by atoms with Crippen molar-refractivity contribution >= 4 is 24.0 Å². The number of nitrogens with one attached hydrogen (secondary N) is 2. The second kappa shape index (κ2) is 11.8. The summed E-state index contributed by atoms with van der Waals surface area (Å²) in [5, 5.41) is 6.45. The van der Waals surface area contributed by atoms with Gasteiger partial charge >= 0.3 is 0 Å². The first-order valence-electron chi connectivity index (χ1n) is 9.92. The van der Waals surface area contributed by atoms with Crippen LogP contribution in [0.25, 0.3) is 0 Å². The fraction of sp³-hybridized carbons (Fsp3) is 0.435. The molecule has 2 N–H and O–H groups in total. The van der Waals surface area contributed by atoms with Crippen molar-refractivity contribution in [3.63, 3.8) is 0 Å². The summed E-state index contributed by atoms with van der Waals surface area (Å²) >= 11 is 0. The predicted octanol–water partition coefficient (Wildman–Crippen LogP) is 4.79. The molecule has 0 aliphatic carbocycles. The first kappa shape index (κ1) is 22.4. The van der Waals surface area contributed by atoms with E-state index in [2.05, 4.69) is 29.7 Å². The third-order valence-electron chi connectivity index (χ3n) is 5.27. The molecule has 2 aromatic rings.